The molecule has 1 N–H and O–H groups in total. The molecule has 2 aliphatic heterocycles. The SMILES string of the molecule is Cc1cc(-c2ccc(NC(=O)[C@H]3C[C@H](F)CN3Cc3cccc4c3OCO4)cc2)n(C)n1. The zero-order valence-electron chi connectivity index (χ0n) is 18.0. The Morgan fingerprint density at radius 1 is 1.22 bits per heavy atom. The molecule has 32 heavy (non-hydrogen) atoms. The number of carbonyl (C=O) groups is 1. The second-order valence-corrected chi connectivity index (χ2v) is 8.29. The van der Waals surface area contributed by atoms with Crippen LogP contribution in [-0.2, 0) is 18.4 Å². The van der Waals surface area contributed by atoms with E-state index in [1.54, 1.807) is 0 Å². The van der Waals surface area contributed by atoms with E-state index >= 15 is 0 Å². The van der Waals surface area contributed by atoms with Crippen LogP contribution < -0.4 is 14.8 Å². The zero-order valence-corrected chi connectivity index (χ0v) is 18.0. The Morgan fingerprint density at radius 3 is 2.78 bits per heavy atom. The van der Waals surface area contributed by atoms with Crippen molar-refractivity contribution in [3.8, 4) is 22.8 Å². The van der Waals surface area contributed by atoms with Crippen LogP contribution in [0.25, 0.3) is 11.3 Å². The number of nitrogens with one attached hydrogen (secondary N) is 1. The van der Waals surface area contributed by atoms with Gasteiger partial charge in [-0.2, -0.15) is 5.10 Å². The molecule has 1 amide bonds. The van der Waals surface area contributed by atoms with E-state index in [9.17, 15) is 9.18 Å². The summed E-state index contributed by atoms with van der Waals surface area (Å²) in [6, 6.07) is 14.7. The average Bonchev–Trinajstić information content (AvgIpc) is 3.47. The van der Waals surface area contributed by atoms with Gasteiger partial charge in [0, 0.05) is 37.8 Å². The summed E-state index contributed by atoms with van der Waals surface area (Å²) in [5.41, 5.74) is 4.53. The number of ether oxygens (including phenoxy) is 2. The maximum Gasteiger partial charge on any atom is 0.241 e. The summed E-state index contributed by atoms with van der Waals surface area (Å²) >= 11 is 0. The molecule has 0 saturated carbocycles. The molecule has 5 rings (SSSR count). The summed E-state index contributed by atoms with van der Waals surface area (Å²) in [4.78, 5) is 14.9. The molecule has 7 nitrogen and oxygen atoms in total. The van der Waals surface area contributed by atoms with E-state index in [1.807, 2.05) is 72.1 Å². The van der Waals surface area contributed by atoms with E-state index in [0.29, 0.717) is 23.7 Å². The van der Waals surface area contributed by atoms with Crippen LogP contribution in [0, 0.1) is 6.92 Å². The Kier molecular flexibility index (Phi) is 5.30. The van der Waals surface area contributed by atoms with Crippen molar-refractivity contribution in [1.82, 2.24) is 14.7 Å². The van der Waals surface area contributed by atoms with Crippen LogP contribution in [0.2, 0.25) is 0 Å². The van der Waals surface area contributed by atoms with E-state index in [0.717, 1.165) is 22.5 Å². The number of hydrogen-bond donors (Lipinski definition) is 1. The second kappa shape index (κ2) is 8.27. The number of amides is 1. The lowest BCUT2D eigenvalue weighted by Gasteiger charge is -2.24. The number of halogens is 1. The minimum atomic E-state index is -1.05. The molecule has 166 valence electrons. The summed E-state index contributed by atoms with van der Waals surface area (Å²) in [7, 11) is 1.90. The van der Waals surface area contributed by atoms with Crippen LogP contribution in [-0.4, -0.2) is 46.1 Å². The highest BCUT2D eigenvalue weighted by Gasteiger charge is 2.37. The predicted octanol–water partition coefficient (Wildman–Crippen LogP) is 3.68. The van der Waals surface area contributed by atoms with Gasteiger partial charge in [0.2, 0.25) is 12.7 Å². The fourth-order valence-corrected chi connectivity index (χ4v) is 4.46. The molecular formula is C24H25FN4O3. The standard InChI is InChI=1S/C24H25FN4O3/c1-15-10-20(28(2)27-15)16-6-8-19(9-7-16)26-24(30)21-11-18(25)13-29(21)12-17-4-3-5-22-23(17)32-14-31-22/h3-10,18,21H,11-14H2,1-2H3,(H,26,30)/t18-,21+/m0/s1. The number of alkyl halides is 1. The lowest BCUT2D eigenvalue weighted by atomic mass is 10.1. The third kappa shape index (κ3) is 3.93. The molecule has 8 heteroatoms. The predicted molar refractivity (Wildman–Crippen MR) is 118 cm³/mol. The Labute approximate surface area is 185 Å². The highest BCUT2D eigenvalue weighted by molar-refractivity contribution is 5.95. The summed E-state index contributed by atoms with van der Waals surface area (Å²) in [6.07, 6.45) is -0.875. The minimum absolute atomic E-state index is 0.171. The van der Waals surface area contributed by atoms with Crippen molar-refractivity contribution in [2.24, 2.45) is 7.05 Å². The first kappa shape index (κ1) is 20.5. The number of benzene rings is 2. The first-order valence-electron chi connectivity index (χ1n) is 10.7. The third-order valence-corrected chi connectivity index (χ3v) is 5.96. The monoisotopic (exact) mass is 436 g/mol. The summed E-state index contributed by atoms with van der Waals surface area (Å²) in [5, 5.41) is 7.32. The lowest BCUT2D eigenvalue weighted by Crippen LogP contribution is -2.39. The van der Waals surface area contributed by atoms with Gasteiger partial charge in [0.25, 0.3) is 0 Å². The van der Waals surface area contributed by atoms with Crippen molar-refractivity contribution in [1.29, 1.82) is 0 Å². The molecule has 1 saturated heterocycles. The molecule has 1 aromatic heterocycles. The molecule has 3 aromatic rings. The highest BCUT2D eigenvalue weighted by atomic mass is 19.1. The van der Waals surface area contributed by atoms with Crippen LogP contribution in [0.3, 0.4) is 0 Å². The normalized spacial score (nSPS) is 20.0. The maximum absolute atomic E-state index is 14.3. The number of aryl methyl sites for hydroxylation is 2. The van der Waals surface area contributed by atoms with Gasteiger partial charge in [-0.3, -0.25) is 14.4 Å². The summed E-state index contributed by atoms with van der Waals surface area (Å²) in [6.45, 7) is 2.76. The molecular weight excluding hydrogens is 411 g/mol. The van der Waals surface area contributed by atoms with Gasteiger partial charge in [-0.25, -0.2) is 4.39 Å². The van der Waals surface area contributed by atoms with Gasteiger partial charge in [0.05, 0.1) is 17.4 Å². The van der Waals surface area contributed by atoms with Crippen LogP contribution >= 0.6 is 0 Å². The number of likely N-dealkylation sites (tertiary alicyclic amines) is 1. The second-order valence-electron chi connectivity index (χ2n) is 8.29. The van der Waals surface area contributed by atoms with Crippen molar-refractivity contribution < 1.29 is 18.7 Å². The summed E-state index contributed by atoms with van der Waals surface area (Å²) < 4.78 is 27.1. The molecule has 2 atom stereocenters. The van der Waals surface area contributed by atoms with Crippen molar-refractivity contribution in [2.45, 2.75) is 32.1 Å². The van der Waals surface area contributed by atoms with Crippen molar-refractivity contribution in [3.63, 3.8) is 0 Å². The average molecular weight is 436 g/mol. The highest BCUT2D eigenvalue weighted by Crippen LogP contribution is 2.37. The van der Waals surface area contributed by atoms with Gasteiger partial charge in [0.15, 0.2) is 11.5 Å². The molecule has 2 aliphatic rings. The third-order valence-electron chi connectivity index (χ3n) is 5.96. The Bertz CT molecular complexity index is 1140. The number of anilines is 1. The van der Waals surface area contributed by atoms with E-state index in [2.05, 4.69) is 10.4 Å². The molecule has 0 bridgehead atoms. The van der Waals surface area contributed by atoms with Gasteiger partial charge in [-0.15, -0.1) is 0 Å². The molecule has 2 aromatic carbocycles. The molecule has 0 radical (unpaired) electrons. The molecule has 1 fully saturated rings. The lowest BCUT2D eigenvalue weighted by molar-refractivity contribution is -0.120. The van der Waals surface area contributed by atoms with Gasteiger partial charge in [-0.1, -0.05) is 24.3 Å². The number of fused-ring (bicyclic) bond motifs is 1. The maximum atomic E-state index is 14.3. The van der Waals surface area contributed by atoms with Gasteiger partial charge >= 0.3 is 0 Å². The number of nitrogens with zero attached hydrogens (tertiary/aromatic N) is 3. The smallest absolute Gasteiger partial charge is 0.241 e. The topological polar surface area (TPSA) is 68.6 Å². The van der Waals surface area contributed by atoms with Gasteiger partial charge in [-0.05, 0) is 36.8 Å². The molecule has 0 aliphatic carbocycles. The number of rotatable bonds is 5. The van der Waals surface area contributed by atoms with Crippen LogP contribution in [0.4, 0.5) is 10.1 Å². The van der Waals surface area contributed by atoms with Gasteiger partial charge < -0.3 is 14.8 Å². The van der Waals surface area contributed by atoms with Crippen molar-refractivity contribution in [3.05, 3.63) is 59.8 Å². The Hall–Kier alpha value is -3.39. The van der Waals surface area contributed by atoms with E-state index in [4.69, 9.17) is 9.47 Å². The number of hydrogen-bond acceptors (Lipinski definition) is 5. The quantitative estimate of drug-likeness (QED) is 0.661. The first-order chi connectivity index (χ1) is 15.5. The van der Waals surface area contributed by atoms with Crippen molar-refractivity contribution >= 4 is 11.6 Å². The van der Waals surface area contributed by atoms with E-state index < -0.39 is 12.2 Å². The van der Waals surface area contributed by atoms with Crippen LogP contribution in [0.1, 0.15) is 17.7 Å². The molecule has 3 heterocycles. The minimum Gasteiger partial charge on any atom is -0.454 e. The number of carbonyl (C=O) groups excluding carboxylic acids is 1. The Balaban J connectivity index is 1.29. The fraction of sp³-hybridized carbons (Fsp3) is 0.333. The van der Waals surface area contributed by atoms with Gasteiger partial charge in [0.1, 0.15) is 6.17 Å². The van der Waals surface area contributed by atoms with Crippen LogP contribution in [0.15, 0.2) is 48.5 Å². The molecule has 0 spiro atoms. The van der Waals surface area contributed by atoms with E-state index in [1.165, 1.54) is 0 Å². The number of para-hydroxylation sites is 1. The Morgan fingerprint density at radius 2 is 2.03 bits per heavy atom. The first-order valence-corrected chi connectivity index (χ1v) is 10.7. The number of aromatic nitrogens is 2. The largest absolute Gasteiger partial charge is 0.454 e. The molecule has 0 unspecified atom stereocenters. The summed E-state index contributed by atoms with van der Waals surface area (Å²) in [5.74, 6) is 1.15. The zero-order chi connectivity index (χ0) is 22.2. The van der Waals surface area contributed by atoms with Crippen LogP contribution in [0.5, 0.6) is 11.5 Å². The van der Waals surface area contributed by atoms with E-state index in [-0.39, 0.29) is 25.7 Å². The fourth-order valence-electron chi connectivity index (χ4n) is 4.46. The van der Waals surface area contributed by atoms with Crippen molar-refractivity contribution in [2.75, 3.05) is 18.7 Å².